The Labute approximate surface area is 133 Å². The second-order valence-electron chi connectivity index (χ2n) is 4.87. The molecule has 23 heavy (non-hydrogen) atoms. The molecule has 0 atom stereocenters. The first-order valence-electron chi connectivity index (χ1n) is 7.21. The third-order valence-corrected chi connectivity index (χ3v) is 3.22. The minimum absolute atomic E-state index is 0.0293. The van der Waals surface area contributed by atoms with Crippen LogP contribution in [0, 0.1) is 5.82 Å². The molecule has 2 rings (SSSR count). The number of hydrogen-bond acceptors (Lipinski definition) is 4. The molecule has 0 bridgehead atoms. The molecule has 2 aromatic carbocycles. The minimum Gasteiger partial charge on any atom is -0.488 e. The molecule has 2 aromatic rings. The zero-order chi connectivity index (χ0) is 16.8. The number of carbonyl (C=O) groups excluding carboxylic acids is 2. The molecule has 0 radical (unpaired) electrons. The molecule has 4 nitrogen and oxygen atoms in total. The van der Waals surface area contributed by atoms with Crippen LogP contribution in [0.15, 0.2) is 42.5 Å². The van der Waals surface area contributed by atoms with Crippen LogP contribution < -0.4 is 4.74 Å². The van der Waals surface area contributed by atoms with Crippen LogP contribution in [0.3, 0.4) is 0 Å². The number of rotatable bonds is 6. The van der Waals surface area contributed by atoms with Gasteiger partial charge >= 0.3 is 5.97 Å². The van der Waals surface area contributed by atoms with Crippen molar-refractivity contribution >= 4 is 11.8 Å². The summed E-state index contributed by atoms with van der Waals surface area (Å²) < 4.78 is 24.2. The van der Waals surface area contributed by atoms with Crippen molar-refractivity contribution in [1.29, 1.82) is 0 Å². The number of ether oxygens (including phenoxy) is 2. The van der Waals surface area contributed by atoms with Crippen molar-refractivity contribution in [1.82, 2.24) is 0 Å². The number of carbonyl (C=O) groups is 2. The van der Waals surface area contributed by atoms with E-state index in [-0.39, 0.29) is 36.1 Å². The first-order valence-corrected chi connectivity index (χ1v) is 7.21. The summed E-state index contributed by atoms with van der Waals surface area (Å²) in [5.41, 5.74) is 0.903. The van der Waals surface area contributed by atoms with Gasteiger partial charge in [0.25, 0.3) is 0 Å². The molecule has 0 unspecified atom stereocenters. The number of benzene rings is 2. The van der Waals surface area contributed by atoms with E-state index in [9.17, 15) is 14.0 Å². The van der Waals surface area contributed by atoms with Gasteiger partial charge in [-0.05, 0) is 38.1 Å². The van der Waals surface area contributed by atoms with E-state index >= 15 is 0 Å². The number of hydrogen-bond donors (Lipinski definition) is 0. The predicted molar refractivity (Wildman–Crippen MR) is 83.1 cm³/mol. The highest BCUT2D eigenvalue weighted by atomic mass is 19.1. The first-order chi connectivity index (χ1) is 11.0. The molecule has 0 aromatic heterocycles. The topological polar surface area (TPSA) is 52.6 Å². The van der Waals surface area contributed by atoms with Crippen LogP contribution in [0.2, 0.25) is 0 Å². The van der Waals surface area contributed by atoms with Crippen LogP contribution in [-0.2, 0) is 11.3 Å². The molecule has 0 aliphatic rings. The third-order valence-electron chi connectivity index (χ3n) is 3.22. The highest BCUT2D eigenvalue weighted by Crippen LogP contribution is 2.23. The van der Waals surface area contributed by atoms with E-state index in [4.69, 9.17) is 9.47 Å². The molecule has 0 N–H and O–H groups in total. The van der Waals surface area contributed by atoms with Gasteiger partial charge in [0, 0.05) is 11.1 Å². The Morgan fingerprint density at radius 1 is 1.13 bits per heavy atom. The van der Waals surface area contributed by atoms with Crippen LogP contribution >= 0.6 is 0 Å². The van der Waals surface area contributed by atoms with Crippen LogP contribution in [0.5, 0.6) is 5.75 Å². The van der Waals surface area contributed by atoms with E-state index in [2.05, 4.69) is 0 Å². The van der Waals surface area contributed by atoms with Gasteiger partial charge in [0.15, 0.2) is 5.78 Å². The zero-order valence-corrected chi connectivity index (χ0v) is 13.0. The largest absolute Gasteiger partial charge is 0.488 e. The fourth-order valence-corrected chi connectivity index (χ4v) is 2.01. The molecular formula is C18H17FO4. The van der Waals surface area contributed by atoms with Crippen LogP contribution in [0.25, 0.3) is 0 Å². The van der Waals surface area contributed by atoms with Crippen molar-refractivity contribution in [2.45, 2.75) is 20.5 Å². The SMILES string of the molecule is CCOC(=O)c1cc(C(C)=O)ccc1OCc1ccccc1F. The molecule has 0 saturated heterocycles. The van der Waals surface area contributed by atoms with Crippen LogP contribution in [0.4, 0.5) is 4.39 Å². The molecule has 5 heteroatoms. The van der Waals surface area contributed by atoms with Gasteiger partial charge in [0.1, 0.15) is 23.7 Å². The van der Waals surface area contributed by atoms with Crippen molar-refractivity contribution in [2.24, 2.45) is 0 Å². The van der Waals surface area contributed by atoms with Crippen LogP contribution in [0.1, 0.15) is 40.1 Å². The Hall–Kier alpha value is -2.69. The van der Waals surface area contributed by atoms with E-state index in [1.807, 2.05) is 0 Å². The molecule has 0 saturated carbocycles. The second kappa shape index (κ2) is 7.54. The molecule has 0 spiro atoms. The van der Waals surface area contributed by atoms with Gasteiger partial charge in [-0.15, -0.1) is 0 Å². The number of halogens is 1. The second-order valence-corrected chi connectivity index (χ2v) is 4.87. The van der Waals surface area contributed by atoms with E-state index in [1.54, 1.807) is 31.2 Å². The molecule has 0 heterocycles. The summed E-state index contributed by atoms with van der Waals surface area (Å²) in [6.07, 6.45) is 0. The maximum atomic E-state index is 13.6. The van der Waals surface area contributed by atoms with E-state index < -0.39 is 5.97 Å². The van der Waals surface area contributed by atoms with E-state index in [0.29, 0.717) is 11.1 Å². The van der Waals surface area contributed by atoms with Gasteiger partial charge < -0.3 is 9.47 Å². The monoisotopic (exact) mass is 316 g/mol. The lowest BCUT2D eigenvalue weighted by Gasteiger charge is -2.12. The van der Waals surface area contributed by atoms with Gasteiger partial charge in [-0.3, -0.25) is 4.79 Å². The highest BCUT2D eigenvalue weighted by Gasteiger charge is 2.16. The highest BCUT2D eigenvalue weighted by molar-refractivity contribution is 5.99. The number of esters is 1. The van der Waals surface area contributed by atoms with Gasteiger partial charge in [0.2, 0.25) is 0 Å². The molecule has 0 aliphatic heterocycles. The van der Waals surface area contributed by atoms with Gasteiger partial charge in [-0.1, -0.05) is 18.2 Å². The Morgan fingerprint density at radius 2 is 1.87 bits per heavy atom. The maximum Gasteiger partial charge on any atom is 0.341 e. The number of Topliss-reactive ketones (excluding diaryl/α,β-unsaturated/α-hetero) is 1. The Balaban J connectivity index is 2.28. The van der Waals surface area contributed by atoms with Crippen molar-refractivity contribution in [3.8, 4) is 5.75 Å². The summed E-state index contributed by atoms with van der Waals surface area (Å²) in [4.78, 5) is 23.5. The van der Waals surface area contributed by atoms with Gasteiger partial charge in [-0.25, -0.2) is 9.18 Å². The summed E-state index contributed by atoms with van der Waals surface area (Å²) in [7, 11) is 0. The molecule has 0 amide bonds. The van der Waals surface area contributed by atoms with Crippen molar-refractivity contribution in [2.75, 3.05) is 6.61 Å². The van der Waals surface area contributed by atoms with E-state index in [1.165, 1.54) is 25.1 Å². The summed E-state index contributed by atoms with van der Waals surface area (Å²) in [6, 6.07) is 10.7. The Bertz CT molecular complexity index is 725. The lowest BCUT2D eigenvalue weighted by Crippen LogP contribution is -2.10. The minimum atomic E-state index is -0.584. The summed E-state index contributed by atoms with van der Waals surface area (Å²) in [6.45, 7) is 3.27. The summed E-state index contributed by atoms with van der Waals surface area (Å²) in [5.74, 6) is -0.891. The fourth-order valence-electron chi connectivity index (χ4n) is 2.01. The number of ketones is 1. The van der Waals surface area contributed by atoms with Gasteiger partial charge in [-0.2, -0.15) is 0 Å². The molecular weight excluding hydrogens is 299 g/mol. The first kappa shape index (κ1) is 16.7. The molecule has 0 fully saturated rings. The quantitative estimate of drug-likeness (QED) is 0.601. The van der Waals surface area contributed by atoms with Crippen molar-refractivity contribution in [3.05, 3.63) is 65.0 Å². The zero-order valence-electron chi connectivity index (χ0n) is 13.0. The smallest absolute Gasteiger partial charge is 0.341 e. The maximum absolute atomic E-state index is 13.6. The van der Waals surface area contributed by atoms with E-state index in [0.717, 1.165) is 0 Å². The normalized spacial score (nSPS) is 10.2. The average molecular weight is 316 g/mol. The Morgan fingerprint density at radius 3 is 2.52 bits per heavy atom. The fraction of sp³-hybridized carbons (Fsp3) is 0.222. The lowest BCUT2D eigenvalue weighted by molar-refractivity contribution is 0.0521. The lowest BCUT2D eigenvalue weighted by atomic mass is 10.1. The predicted octanol–water partition coefficient (Wildman–Crippen LogP) is 3.78. The standard InChI is InChI=1S/C18H17FO4/c1-3-22-18(21)15-10-13(12(2)20)8-9-17(15)23-11-14-6-4-5-7-16(14)19/h4-10H,3,11H2,1-2H3. The summed E-state index contributed by atoms with van der Waals surface area (Å²) in [5, 5.41) is 0. The average Bonchev–Trinajstić information content (AvgIpc) is 2.54. The molecule has 120 valence electrons. The molecule has 0 aliphatic carbocycles. The van der Waals surface area contributed by atoms with Gasteiger partial charge in [0.05, 0.1) is 6.61 Å². The van der Waals surface area contributed by atoms with Crippen molar-refractivity contribution in [3.63, 3.8) is 0 Å². The van der Waals surface area contributed by atoms with Crippen LogP contribution in [-0.4, -0.2) is 18.4 Å². The Kier molecular flexibility index (Phi) is 5.46. The van der Waals surface area contributed by atoms with Crippen molar-refractivity contribution < 1.29 is 23.5 Å². The summed E-state index contributed by atoms with van der Waals surface area (Å²) >= 11 is 0. The third kappa shape index (κ3) is 4.16.